The number of nitrogens with one attached hydrogen (secondary N) is 1. The summed E-state index contributed by atoms with van der Waals surface area (Å²) in [4.78, 5) is 4.22. The fraction of sp³-hybridized carbons (Fsp3) is 0.353. The Morgan fingerprint density at radius 2 is 2.00 bits per heavy atom. The zero-order valence-electron chi connectivity index (χ0n) is 12.3. The first kappa shape index (κ1) is 15.8. The number of hydrazine groups is 1. The number of hydrogen-bond donors (Lipinski definition) is 1. The molecule has 1 saturated heterocycles. The van der Waals surface area contributed by atoms with Gasteiger partial charge in [-0.3, -0.25) is 0 Å². The molecule has 2 aromatic rings. The summed E-state index contributed by atoms with van der Waals surface area (Å²) < 4.78 is 0. The molecule has 1 aliphatic rings. The van der Waals surface area contributed by atoms with E-state index < -0.39 is 0 Å². The van der Waals surface area contributed by atoms with Gasteiger partial charge in [-0.15, -0.1) is 11.6 Å². The number of hydrogen-bond acceptors (Lipinski definition) is 3. The van der Waals surface area contributed by atoms with E-state index in [-0.39, 0.29) is 5.54 Å². The fourth-order valence-electron chi connectivity index (χ4n) is 3.06. The van der Waals surface area contributed by atoms with Gasteiger partial charge in [0.15, 0.2) is 0 Å². The van der Waals surface area contributed by atoms with Gasteiger partial charge in [0.2, 0.25) is 0 Å². The topological polar surface area (TPSA) is 28.2 Å². The van der Waals surface area contributed by atoms with Gasteiger partial charge >= 0.3 is 0 Å². The van der Waals surface area contributed by atoms with E-state index in [4.69, 9.17) is 23.2 Å². The number of nitrogens with zero attached hydrogens (tertiary/aromatic N) is 2. The van der Waals surface area contributed by atoms with Crippen molar-refractivity contribution < 1.29 is 0 Å². The van der Waals surface area contributed by atoms with E-state index in [1.165, 1.54) is 5.56 Å². The number of benzene rings is 1. The molecule has 1 unspecified atom stereocenters. The minimum absolute atomic E-state index is 0.214. The average Bonchev–Trinajstić information content (AvgIpc) is 2.98. The number of aromatic nitrogens is 1. The van der Waals surface area contributed by atoms with Crippen LogP contribution in [0.25, 0.3) is 0 Å². The third-order valence-electron chi connectivity index (χ3n) is 4.29. The largest absolute Gasteiger partial charge is 0.250 e. The lowest BCUT2D eigenvalue weighted by Crippen LogP contribution is -2.50. The summed E-state index contributed by atoms with van der Waals surface area (Å²) in [7, 11) is 0. The Morgan fingerprint density at radius 3 is 2.68 bits per heavy atom. The van der Waals surface area contributed by atoms with Crippen LogP contribution in [0.3, 0.4) is 0 Å². The zero-order valence-corrected chi connectivity index (χ0v) is 13.8. The highest BCUT2D eigenvalue weighted by atomic mass is 35.5. The number of alkyl halides is 1. The molecule has 0 bridgehead atoms. The minimum atomic E-state index is -0.214. The number of halogens is 2. The predicted octanol–water partition coefficient (Wildman–Crippen LogP) is 3.97. The van der Waals surface area contributed by atoms with E-state index >= 15 is 0 Å². The van der Waals surface area contributed by atoms with Crippen molar-refractivity contribution in [1.82, 2.24) is 15.4 Å². The lowest BCUT2D eigenvalue weighted by atomic mass is 9.91. The highest BCUT2D eigenvalue weighted by molar-refractivity contribution is 6.29. The van der Waals surface area contributed by atoms with Gasteiger partial charge in [0.1, 0.15) is 5.15 Å². The quantitative estimate of drug-likeness (QED) is 0.661. The van der Waals surface area contributed by atoms with Crippen LogP contribution >= 0.6 is 23.2 Å². The normalized spacial score (nSPS) is 22.1. The second-order valence-electron chi connectivity index (χ2n) is 5.61. The molecule has 2 heterocycles. The molecule has 1 aromatic carbocycles. The molecule has 0 spiro atoms. The van der Waals surface area contributed by atoms with E-state index in [2.05, 4.69) is 39.7 Å². The van der Waals surface area contributed by atoms with E-state index in [9.17, 15) is 0 Å². The Bertz CT molecular complexity index is 603. The van der Waals surface area contributed by atoms with Gasteiger partial charge in [-0.2, -0.15) is 0 Å². The Morgan fingerprint density at radius 1 is 1.18 bits per heavy atom. The zero-order chi connectivity index (χ0) is 15.4. The van der Waals surface area contributed by atoms with Crippen LogP contribution in [0, 0.1) is 0 Å². The van der Waals surface area contributed by atoms with Gasteiger partial charge in [-0.05, 0) is 30.0 Å². The maximum absolute atomic E-state index is 6.37. The Kier molecular flexibility index (Phi) is 4.99. The van der Waals surface area contributed by atoms with Crippen molar-refractivity contribution in [1.29, 1.82) is 0 Å². The van der Waals surface area contributed by atoms with Gasteiger partial charge in [0.05, 0.1) is 5.54 Å². The molecule has 3 rings (SSSR count). The summed E-state index contributed by atoms with van der Waals surface area (Å²) in [5, 5.41) is 2.77. The highest BCUT2D eigenvalue weighted by Gasteiger charge is 2.42. The molecule has 1 N–H and O–H groups in total. The van der Waals surface area contributed by atoms with Crippen LogP contribution in [-0.2, 0) is 12.1 Å². The minimum Gasteiger partial charge on any atom is -0.250 e. The summed E-state index contributed by atoms with van der Waals surface area (Å²) in [6, 6.07) is 14.2. The Balaban J connectivity index is 1.79. The molecule has 3 nitrogen and oxygen atoms in total. The molecule has 0 aliphatic carbocycles. The highest BCUT2D eigenvalue weighted by Crippen LogP contribution is 2.38. The van der Waals surface area contributed by atoms with Crippen LogP contribution in [0.15, 0.2) is 48.7 Å². The fourth-order valence-corrected chi connectivity index (χ4v) is 3.60. The number of rotatable bonds is 5. The predicted molar refractivity (Wildman–Crippen MR) is 90.9 cm³/mol. The molecule has 1 aromatic heterocycles. The first-order chi connectivity index (χ1) is 10.7. The molecular weight excluding hydrogens is 317 g/mol. The summed E-state index contributed by atoms with van der Waals surface area (Å²) in [5.74, 6) is 0.526. The standard InChI is InChI=1S/C17H19Cl2N3/c18-13-17(15-7-8-16(19)20-12-15)9-4-10-22(17)21-11-14-5-2-1-3-6-14/h1-3,5-8,12,21H,4,9-11,13H2. The van der Waals surface area contributed by atoms with Crippen LogP contribution in [0.4, 0.5) is 0 Å². The van der Waals surface area contributed by atoms with Gasteiger partial charge in [-0.1, -0.05) is 48.0 Å². The SMILES string of the molecule is ClCC1(c2ccc(Cl)nc2)CCCN1NCc1ccccc1. The molecule has 1 aliphatic heterocycles. The first-order valence-electron chi connectivity index (χ1n) is 7.48. The van der Waals surface area contributed by atoms with Crippen molar-refractivity contribution in [2.45, 2.75) is 24.9 Å². The van der Waals surface area contributed by atoms with Crippen molar-refractivity contribution in [2.24, 2.45) is 0 Å². The monoisotopic (exact) mass is 335 g/mol. The van der Waals surface area contributed by atoms with E-state index in [0.29, 0.717) is 11.0 Å². The van der Waals surface area contributed by atoms with Crippen molar-refractivity contribution in [3.8, 4) is 0 Å². The third-order valence-corrected chi connectivity index (χ3v) is 4.96. The second-order valence-corrected chi connectivity index (χ2v) is 6.27. The molecule has 0 radical (unpaired) electrons. The van der Waals surface area contributed by atoms with Crippen LogP contribution in [0.5, 0.6) is 0 Å². The summed E-state index contributed by atoms with van der Waals surface area (Å²) in [6.45, 7) is 1.77. The van der Waals surface area contributed by atoms with Crippen molar-refractivity contribution in [3.63, 3.8) is 0 Å². The lowest BCUT2D eigenvalue weighted by molar-refractivity contribution is 0.0890. The summed E-state index contributed by atoms with van der Waals surface area (Å²) in [5.41, 5.74) is 5.70. The maximum Gasteiger partial charge on any atom is 0.129 e. The Hall–Kier alpha value is -1.13. The average molecular weight is 336 g/mol. The van der Waals surface area contributed by atoms with E-state index in [1.54, 1.807) is 0 Å². The lowest BCUT2D eigenvalue weighted by Gasteiger charge is -2.37. The van der Waals surface area contributed by atoms with Gasteiger partial charge in [0.25, 0.3) is 0 Å². The molecule has 5 heteroatoms. The molecule has 0 amide bonds. The molecule has 22 heavy (non-hydrogen) atoms. The number of pyridine rings is 1. The van der Waals surface area contributed by atoms with Crippen molar-refractivity contribution in [3.05, 3.63) is 64.9 Å². The van der Waals surface area contributed by atoms with Crippen LogP contribution in [0.2, 0.25) is 5.15 Å². The van der Waals surface area contributed by atoms with Crippen LogP contribution in [0.1, 0.15) is 24.0 Å². The van der Waals surface area contributed by atoms with Crippen molar-refractivity contribution >= 4 is 23.2 Å². The second kappa shape index (κ2) is 6.97. The molecule has 0 saturated carbocycles. The van der Waals surface area contributed by atoms with Gasteiger partial charge < -0.3 is 0 Å². The first-order valence-corrected chi connectivity index (χ1v) is 8.39. The van der Waals surface area contributed by atoms with Gasteiger partial charge in [-0.25, -0.2) is 15.4 Å². The summed E-state index contributed by atoms with van der Waals surface area (Å²) in [6.07, 6.45) is 3.96. The maximum atomic E-state index is 6.37. The summed E-state index contributed by atoms with van der Waals surface area (Å²) >= 11 is 12.3. The van der Waals surface area contributed by atoms with Gasteiger partial charge in [0, 0.05) is 25.2 Å². The molecule has 116 valence electrons. The molecular formula is C17H19Cl2N3. The Labute approximate surface area is 141 Å². The van der Waals surface area contributed by atoms with Crippen LogP contribution in [-0.4, -0.2) is 22.4 Å². The van der Waals surface area contributed by atoms with Crippen LogP contribution < -0.4 is 5.43 Å². The van der Waals surface area contributed by atoms with E-state index in [1.807, 2.05) is 24.4 Å². The van der Waals surface area contributed by atoms with E-state index in [0.717, 1.165) is 31.5 Å². The molecule has 1 atom stereocenters. The third kappa shape index (κ3) is 3.13. The van der Waals surface area contributed by atoms with Crippen molar-refractivity contribution in [2.75, 3.05) is 12.4 Å². The smallest absolute Gasteiger partial charge is 0.129 e. The molecule has 1 fully saturated rings.